The van der Waals surface area contributed by atoms with Crippen LogP contribution in [0.2, 0.25) is 0 Å². The Labute approximate surface area is 117 Å². The van der Waals surface area contributed by atoms with Gasteiger partial charge in [-0.1, -0.05) is 30.3 Å². The van der Waals surface area contributed by atoms with E-state index in [9.17, 15) is 4.39 Å². The Bertz CT molecular complexity index is 766. The molecule has 0 bridgehead atoms. The van der Waals surface area contributed by atoms with Crippen LogP contribution in [0.3, 0.4) is 0 Å². The molecule has 3 heteroatoms. The van der Waals surface area contributed by atoms with Gasteiger partial charge in [-0.3, -0.25) is 4.98 Å². The van der Waals surface area contributed by atoms with Crippen molar-refractivity contribution in [3.63, 3.8) is 0 Å². The van der Waals surface area contributed by atoms with Crippen LogP contribution in [0.1, 0.15) is 18.1 Å². The lowest BCUT2D eigenvalue weighted by atomic mass is 9.86. The third-order valence-electron chi connectivity index (χ3n) is 3.61. The van der Waals surface area contributed by atoms with Gasteiger partial charge >= 0.3 is 0 Å². The molecule has 0 aliphatic carbocycles. The maximum atomic E-state index is 13.4. The summed E-state index contributed by atoms with van der Waals surface area (Å²) in [6.07, 6.45) is 1.76. The number of benzene rings is 2. The van der Waals surface area contributed by atoms with E-state index in [1.54, 1.807) is 12.3 Å². The van der Waals surface area contributed by atoms with Crippen molar-refractivity contribution in [2.45, 2.75) is 12.5 Å². The van der Waals surface area contributed by atoms with Crippen molar-refractivity contribution in [1.82, 2.24) is 4.98 Å². The monoisotopic (exact) mass is 266 g/mol. The van der Waals surface area contributed by atoms with E-state index in [0.717, 1.165) is 22.0 Å². The van der Waals surface area contributed by atoms with Gasteiger partial charge in [-0.15, -0.1) is 0 Å². The number of nitrogens with two attached hydrogens (primary N) is 1. The van der Waals surface area contributed by atoms with Crippen LogP contribution in [0.4, 0.5) is 4.39 Å². The normalized spacial score (nSPS) is 14.2. The summed E-state index contributed by atoms with van der Waals surface area (Å²) >= 11 is 0. The molecule has 1 heterocycles. The zero-order chi connectivity index (χ0) is 14.2. The first-order valence-corrected chi connectivity index (χ1v) is 6.47. The number of rotatable bonds is 2. The van der Waals surface area contributed by atoms with Gasteiger partial charge in [0.25, 0.3) is 0 Å². The summed E-state index contributed by atoms with van der Waals surface area (Å²) in [5.74, 6) is -0.284. The second kappa shape index (κ2) is 4.69. The molecule has 0 fully saturated rings. The number of para-hydroxylation sites is 1. The summed E-state index contributed by atoms with van der Waals surface area (Å²) in [6, 6.07) is 16.2. The molecule has 3 aromatic rings. The molecule has 20 heavy (non-hydrogen) atoms. The molecule has 0 spiro atoms. The summed E-state index contributed by atoms with van der Waals surface area (Å²) in [4.78, 5) is 4.42. The summed E-state index contributed by atoms with van der Waals surface area (Å²) in [5.41, 5.74) is 8.15. The molecule has 1 aromatic heterocycles. The Morgan fingerprint density at radius 2 is 1.80 bits per heavy atom. The fraction of sp³-hybridized carbons (Fsp3) is 0.118. The van der Waals surface area contributed by atoms with Crippen molar-refractivity contribution in [3.05, 3.63) is 77.7 Å². The van der Waals surface area contributed by atoms with Crippen molar-refractivity contribution in [1.29, 1.82) is 0 Å². The molecule has 2 N–H and O–H groups in total. The van der Waals surface area contributed by atoms with E-state index in [1.807, 2.05) is 43.3 Å². The molecule has 3 rings (SSSR count). The maximum absolute atomic E-state index is 13.4. The third-order valence-corrected chi connectivity index (χ3v) is 3.61. The lowest BCUT2D eigenvalue weighted by Gasteiger charge is -2.26. The Hall–Kier alpha value is -2.26. The predicted octanol–water partition coefficient (Wildman–Crippen LogP) is 3.60. The average Bonchev–Trinajstić information content (AvgIpc) is 2.46. The molecule has 0 amide bonds. The first-order valence-electron chi connectivity index (χ1n) is 6.47. The van der Waals surface area contributed by atoms with Gasteiger partial charge in [0.2, 0.25) is 0 Å². The summed E-state index contributed by atoms with van der Waals surface area (Å²) in [5, 5.41) is 1.03. The predicted molar refractivity (Wildman–Crippen MR) is 78.8 cm³/mol. The van der Waals surface area contributed by atoms with Crippen LogP contribution in [0, 0.1) is 5.82 Å². The second-order valence-electron chi connectivity index (χ2n) is 5.13. The Kier molecular flexibility index (Phi) is 2.99. The lowest BCUT2D eigenvalue weighted by molar-refractivity contribution is 0.580. The van der Waals surface area contributed by atoms with E-state index in [1.165, 1.54) is 12.1 Å². The summed E-state index contributed by atoms with van der Waals surface area (Å²) < 4.78 is 13.4. The van der Waals surface area contributed by atoms with Crippen LogP contribution in [0.5, 0.6) is 0 Å². The van der Waals surface area contributed by atoms with E-state index >= 15 is 0 Å². The van der Waals surface area contributed by atoms with Crippen molar-refractivity contribution < 1.29 is 4.39 Å². The SMILES string of the molecule is CC(N)(c1cccc(F)c1)c1cnc2ccccc2c1. The summed E-state index contributed by atoms with van der Waals surface area (Å²) in [7, 11) is 0. The minimum absolute atomic E-state index is 0.284. The fourth-order valence-electron chi connectivity index (χ4n) is 2.33. The Balaban J connectivity index is 2.13. The van der Waals surface area contributed by atoms with E-state index < -0.39 is 5.54 Å². The average molecular weight is 266 g/mol. The van der Waals surface area contributed by atoms with Gasteiger partial charge < -0.3 is 5.73 Å². The van der Waals surface area contributed by atoms with Crippen LogP contribution in [0.25, 0.3) is 10.9 Å². The first-order chi connectivity index (χ1) is 9.57. The molecule has 0 aliphatic rings. The Morgan fingerprint density at radius 3 is 2.60 bits per heavy atom. The van der Waals surface area contributed by atoms with Crippen molar-refractivity contribution in [2.75, 3.05) is 0 Å². The molecule has 0 radical (unpaired) electrons. The van der Waals surface area contributed by atoms with Crippen LogP contribution in [-0.4, -0.2) is 4.98 Å². The van der Waals surface area contributed by atoms with Crippen molar-refractivity contribution in [2.24, 2.45) is 5.73 Å². The molecular weight excluding hydrogens is 251 g/mol. The summed E-state index contributed by atoms with van der Waals surface area (Å²) in [6.45, 7) is 1.87. The van der Waals surface area contributed by atoms with Crippen LogP contribution < -0.4 is 5.73 Å². The third kappa shape index (κ3) is 2.17. The standard InChI is InChI=1S/C17H15FN2/c1-17(19,13-6-4-7-15(18)10-13)14-9-12-5-2-3-8-16(12)20-11-14/h2-11H,19H2,1H3. The lowest BCUT2D eigenvalue weighted by Crippen LogP contribution is -2.34. The highest BCUT2D eigenvalue weighted by Gasteiger charge is 2.24. The van der Waals surface area contributed by atoms with E-state index in [2.05, 4.69) is 4.98 Å². The Morgan fingerprint density at radius 1 is 1.00 bits per heavy atom. The van der Waals surface area contributed by atoms with Gasteiger partial charge in [0.15, 0.2) is 0 Å². The minimum Gasteiger partial charge on any atom is -0.318 e. The minimum atomic E-state index is -0.779. The highest BCUT2D eigenvalue weighted by atomic mass is 19.1. The number of nitrogens with zero attached hydrogens (tertiary/aromatic N) is 1. The first kappa shape index (κ1) is 12.8. The van der Waals surface area contributed by atoms with Crippen molar-refractivity contribution >= 4 is 10.9 Å². The highest BCUT2D eigenvalue weighted by Crippen LogP contribution is 2.28. The van der Waals surface area contributed by atoms with E-state index in [-0.39, 0.29) is 5.82 Å². The molecule has 1 unspecified atom stereocenters. The van der Waals surface area contributed by atoms with Gasteiger partial charge in [-0.05, 0) is 42.3 Å². The number of aromatic nitrogens is 1. The molecular formula is C17H15FN2. The highest BCUT2D eigenvalue weighted by molar-refractivity contribution is 5.79. The molecule has 100 valence electrons. The van der Waals surface area contributed by atoms with Crippen LogP contribution >= 0.6 is 0 Å². The smallest absolute Gasteiger partial charge is 0.123 e. The largest absolute Gasteiger partial charge is 0.318 e. The van der Waals surface area contributed by atoms with Gasteiger partial charge in [-0.2, -0.15) is 0 Å². The molecule has 0 saturated carbocycles. The zero-order valence-electron chi connectivity index (χ0n) is 11.2. The molecule has 2 aromatic carbocycles. The molecule has 1 atom stereocenters. The van der Waals surface area contributed by atoms with Crippen LogP contribution in [0.15, 0.2) is 60.8 Å². The van der Waals surface area contributed by atoms with E-state index in [0.29, 0.717) is 0 Å². The van der Waals surface area contributed by atoms with Crippen LogP contribution in [-0.2, 0) is 5.54 Å². The van der Waals surface area contributed by atoms with Crippen molar-refractivity contribution in [3.8, 4) is 0 Å². The molecule has 0 aliphatic heterocycles. The number of halogens is 1. The topological polar surface area (TPSA) is 38.9 Å². The number of hydrogen-bond acceptors (Lipinski definition) is 2. The van der Waals surface area contributed by atoms with Gasteiger partial charge in [0.05, 0.1) is 11.1 Å². The number of hydrogen-bond donors (Lipinski definition) is 1. The number of fused-ring (bicyclic) bond motifs is 1. The van der Waals surface area contributed by atoms with Gasteiger partial charge in [0, 0.05) is 11.6 Å². The van der Waals surface area contributed by atoms with Gasteiger partial charge in [-0.25, -0.2) is 4.39 Å². The fourth-order valence-corrected chi connectivity index (χ4v) is 2.33. The van der Waals surface area contributed by atoms with E-state index in [4.69, 9.17) is 5.73 Å². The molecule has 0 saturated heterocycles. The quantitative estimate of drug-likeness (QED) is 0.769. The molecule has 2 nitrogen and oxygen atoms in total. The second-order valence-corrected chi connectivity index (χ2v) is 5.13. The van der Waals surface area contributed by atoms with Gasteiger partial charge in [0.1, 0.15) is 5.82 Å². The zero-order valence-corrected chi connectivity index (χ0v) is 11.2. The maximum Gasteiger partial charge on any atom is 0.123 e. The number of pyridine rings is 1.